The molecule has 1 aromatic rings. The van der Waals surface area contributed by atoms with Crippen LogP contribution < -0.4 is 0 Å². The fourth-order valence-electron chi connectivity index (χ4n) is 1.57. The van der Waals surface area contributed by atoms with Crippen molar-refractivity contribution in [3.8, 4) is 6.07 Å². The van der Waals surface area contributed by atoms with Crippen molar-refractivity contribution in [2.24, 2.45) is 0 Å². The summed E-state index contributed by atoms with van der Waals surface area (Å²) in [6, 6.07) is 6.74. The molecule has 1 rings (SSSR count). The van der Waals surface area contributed by atoms with Gasteiger partial charge in [0.05, 0.1) is 12.2 Å². The molecule has 0 aliphatic carbocycles. The van der Waals surface area contributed by atoms with Gasteiger partial charge in [0.15, 0.2) is 0 Å². The molecule has 17 heavy (non-hydrogen) atoms. The summed E-state index contributed by atoms with van der Waals surface area (Å²) in [4.78, 5) is 2.10. The van der Waals surface area contributed by atoms with E-state index in [0.717, 1.165) is 5.56 Å². The fourth-order valence-corrected chi connectivity index (χ4v) is 1.57. The maximum Gasteiger partial charge on any atom is 0.140 e. The van der Waals surface area contributed by atoms with Crippen molar-refractivity contribution in [3.63, 3.8) is 0 Å². The molecule has 1 unspecified atom stereocenters. The van der Waals surface area contributed by atoms with Crippen LogP contribution in [0.15, 0.2) is 18.2 Å². The van der Waals surface area contributed by atoms with Crippen LogP contribution in [0.25, 0.3) is 0 Å². The second-order valence-electron chi connectivity index (χ2n) is 4.15. The SMILES string of the molecule is COCC(C)N(C)Cc1ccc(F)c(C#N)c1. The van der Waals surface area contributed by atoms with E-state index in [9.17, 15) is 4.39 Å². The first kappa shape index (κ1) is 13.6. The van der Waals surface area contributed by atoms with E-state index in [2.05, 4.69) is 11.8 Å². The van der Waals surface area contributed by atoms with Gasteiger partial charge in [0.2, 0.25) is 0 Å². The van der Waals surface area contributed by atoms with Crippen LogP contribution in [-0.4, -0.2) is 31.7 Å². The van der Waals surface area contributed by atoms with Crippen LogP contribution in [0, 0.1) is 17.1 Å². The molecule has 0 radical (unpaired) electrons. The van der Waals surface area contributed by atoms with E-state index < -0.39 is 5.82 Å². The second kappa shape index (κ2) is 6.33. The summed E-state index contributed by atoms with van der Waals surface area (Å²) < 4.78 is 18.2. The van der Waals surface area contributed by atoms with Crippen LogP contribution in [0.4, 0.5) is 4.39 Å². The van der Waals surface area contributed by atoms with Crippen molar-refractivity contribution < 1.29 is 9.13 Å². The minimum absolute atomic E-state index is 0.0929. The molecule has 0 aromatic heterocycles. The molecule has 0 saturated heterocycles. The molecule has 0 heterocycles. The molecule has 1 aromatic carbocycles. The lowest BCUT2D eigenvalue weighted by Gasteiger charge is -2.24. The first-order valence-corrected chi connectivity index (χ1v) is 5.46. The number of nitriles is 1. The summed E-state index contributed by atoms with van der Waals surface area (Å²) in [5.41, 5.74) is 1.02. The molecular formula is C13H17FN2O. The number of nitrogens with zero attached hydrogens (tertiary/aromatic N) is 2. The minimum Gasteiger partial charge on any atom is -0.383 e. The Morgan fingerprint density at radius 3 is 2.82 bits per heavy atom. The van der Waals surface area contributed by atoms with Crippen LogP contribution in [0.2, 0.25) is 0 Å². The van der Waals surface area contributed by atoms with Crippen LogP contribution in [0.3, 0.4) is 0 Å². The molecule has 0 spiro atoms. The number of ether oxygens (including phenoxy) is 1. The van der Waals surface area contributed by atoms with Crippen molar-refractivity contribution in [1.29, 1.82) is 5.26 Å². The summed E-state index contributed by atoms with van der Waals surface area (Å²) in [6.07, 6.45) is 0. The molecule has 0 aliphatic rings. The lowest BCUT2D eigenvalue weighted by Crippen LogP contribution is -2.32. The van der Waals surface area contributed by atoms with Gasteiger partial charge in [-0.3, -0.25) is 4.90 Å². The molecule has 0 saturated carbocycles. The Morgan fingerprint density at radius 2 is 2.24 bits per heavy atom. The Hall–Kier alpha value is -1.44. The molecule has 4 heteroatoms. The molecule has 0 amide bonds. The number of halogens is 1. The lowest BCUT2D eigenvalue weighted by atomic mass is 10.1. The van der Waals surface area contributed by atoms with Crippen molar-refractivity contribution in [1.82, 2.24) is 4.90 Å². The van der Waals surface area contributed by atoms with Crippen LogP contribution in [-0.2, 0) is 11.3 Å². The summed E-state index contributed by atoms with van der Waals surface area (Å²) in [5.74, 6) is -0.469. The van der Waals surface area contributed by atoms with Crippen LogP contribution >= 0.6 is 0 Å². The topological polar surface area (TPSA) is 36.3 Å². The van der Waals surface area contributed by atoms with Gasteiger partial charge in [-0.15, -0.1) is 0 Å². The highest BCUT2D eigenvalue weighted by Gasteiger charge is 2.10. The molecule has 0 bridgehead atoms. The third-order valence-electron chi connectivity index (χ3n) is 2.74. The summed E-state index contributed by atoms with van der Waals surface area (Å²) in [7, 11) is 3.63. The molecule has 3 nitrogen and oxygen atoms in total. The van der Waals surface area contributed by atoms with Crippen molar-refractivity contribution in [3.05, 3.63) is 35.1 Å². The normalized spacial score (nSPS) is 12.5. The Labute approximate surface area is 101 Å². The van der Waals surface area contributed by atoms with Gasteiger partial charge in [-0.05, 0) is 31.7 Å². The highest BCUT2D eigenvalue weighted by molar-refractivity contribution is 5.34. The highest BCUT2D eigenvalue weighted by atomic mass is 19.1. The lowest BCUT2D eigenvalue weighted by molar-refractivity contribution is 0.112. The van der Waals surface area contributed by atoms with Gasteiger partial charge >= 0.3 is 0 Å². The predicted octanol–water partition coefficient (Wildman–Crippen LogP) is 2.16. The highest BCUT2D eigenvalue weighted by Crippen LogP contribution is 2.12. The van der Waals surface area contributed by atoms with E-state index in [1.807, 2.05) is 13.1 Å². The second-order valence-corrected chi connectivity index (χ2v) is 4.15. The molecule has 92 valence electrons. The van der Waals surface area contributed by atoms with Gasteiger partial charge < -0.3 is 4.74 Å². The Bertz CT molecular complexity index is 414. The van der Waals surface area contributed by atoms with Gasteiger partial charge in [-0.25, -0.2) is 4.39 Å². The monoisotopic (exact) mass is 236 g/mol. The van der Waals surface area contributed by atoms with Gasteiger partial charge in [-0.1, -0.05) is 6.07 Å². The zero-order valence-electron chi connectivity index (χ0n) is 10.4. The molecular weight excluding hydrogens is 219 g/mol. The van der Waals surface area contributed by atoms with E-state index in [0.29, 0.717) is 13.2 Å². The van der Waals surface area contributed by atoms with E-state index in [4.69, 9.17) is 10.00 Å². The summed E-state index contributed by atoms with van der Waals surface area (Å²) in [6.45, 7) is 3.36. The van der Waals surface area contributed by atoms with E-state index in [1.54, 1.807) is 19.2 Å². The molecule has 0 fully saturated rings. The first-order valence-electron chi connectivity index (χ1n) is 5.46. The maximum absolute atomic E-state index is 13.1. The maximum atomic E-state index is 13.1. The van der Waals surface area contributed by atoms with Crippen LogP contribution in [0.5, 0.6) is 0 Å². The zero-order valence-corrected chi connectivity index (χ0v) is 10.4. The quantitative estimate of drug-likeness (QED) is 0.786. The van der Waals surface area contributed by atoms with Gasteiger partial charge in [0, 0.05) is 19.7 Å². The smallest absolute Gasteiger partial charge is 0.140 e. The standard InChI is InChI=1S/C13H17FN2O/c1-10(9-17-3)16(2)8-11-4-5-13(14)12(6-11)7-15/h4-6,10H,8-9H2,1-3H3. The molecule has 1 atom stereocenters. The first-order chi connectivity index (χ1) is 8.08. The number of benzene rings is 1. The Morgan fingerprint density at radius 1 is 1.53 bits per heavy atom. The molecule has 0 aliphatic heterocycles. The van der Waals surface area contributed by atoms with Crippen molar-refractivity contribution in [2.45, 2.75) is 19.5 Å². The molecule has 0 N–H and O–H groups in total. The third-order valence-corrected chi connectivity index (χ3v) is 2.74. The number of likely N-dealkylation sites (N-methyl/N-ethyl adjacent to an activating group) is 1. The summed E-state index contributed by atoms with van der Waals surface area (Å²) >= 11 is 0. The number of hydrogen-bond donors (Lipinski definition) is 0. The van der Waals surface area contributed by atoms with Crippen molar-refractivity contribution in [2.75, 3.05) is 20.8 Å². The number of methoxy groups -OCH3 is 1. The summed E-state index contributed by atoms with van der Waals surface area (Å²) in [5, 5.41) is 8.75. The number of rotatable bonds is 5. The van der Waals surface area contributed by atoms with Gasteiger partial charge in [0.25, 0.3) is 0 Å². The van der Waals surface area contributed by atoms with Crippen molar-refractivity contribution >= 4 is 0 Å². The van der Waals surface area contributed by atoms with E-state index in [-0.39, 0.29) is 11.6 Å². The Kier molecular flexibility index (Phi) is 5.08. The Balaban J connectivity index is 2.72. The zero-order chi connectivity index (χ0) is 12.8. The van der Waals surface area contributed by atoms with Crippen LogP contribution in [0.1, 0.15) is 18.1 Å². The fraction of sp³-hybridized carbons (Fsp3) is 0.462. The minimum atomic E-state index is -0.469. The predicted molar refractivity (Wildman–Crippen MR) is 63.9 cm³/mol. The van der Waals surface area contributed by atoms with E-state index >= 15 is 0 Å². The average Bonchev–Trinajstić information content (AvgIpc) is 2.31. The number of hydrogen-bond acceptors (Lipinski definition) is 3. The average molecular weight is 236 g/mol. The van der Waals surface area contributed by atoms with Gasteiger partial charge in [-0.2, -0.15) is 5.26 Å². The third kappa shape index (κ3) is 3.81. The largest absolute Gasteiger partial charge is 0.383 e. The van der Waals surface area contributed by atoms with E-state index in [1.165, 1.54) is 6.07 Å². The van der Waals surface area contributed by atoms with Gasteiger partial charge in [0.1, 0.15) is 11.9 Å².